The molecule has 2 rings (SSSR count). The second-order valence-electron chi connectivity index (χ2n) is 3.82. The third-order valence-corrected chi connectivity index (χ3v) is 3.03. The maximum Gasteiger partial charge on any atom is 0.423 e. The molecule has 0 saturated carbocycles. The number of nitrogens with zero attached hydrogens (tertiary/aromatic N) is 1. The average Bonchev–Trinajstić information content (AvgIpc) is 2.22. The van der Waals surface area contributed by atoms with Crippen molar-refractivity contribution in [3.63, 3.8) is 0 Å². The molecule has 1 unspecified atom stereocenters. The summed E-state index contributed by atoms with van der Waals surface area (Å²) in [6, 6.07) is 5.76. The van der Waals surface area contributed by atoms with Gasteiger partial charge in [0.1, 0.15) is 0 Å². The van der Waals surface area contributed by atoms with Crippen LogP contribution in [-0.2, 0) is 11.3 Å². The number of carbonyl (C=O) groups excluding carboxylic acids is 1. The Morgan fingerprint density at radius 1 is 1.62 bits per heavy atom. The number of rotatable bonds is 1. The molecule has 4 nitrogen and oxygen atoms in total. The van der Waals surface area contributed by atoms with Crippen LogP contribution in [0.5, 0.6) is 0 Å². The quantitative estimate of drug-likeness (QED) is 0.819. The summed E-state index contributed by atoms with van der Waals surface area (Å²) in [5, 5.41) is 2.27. The van der Waals surface area contributed by atoms with E-state index in [1.807, 2.05) is 25.1 Å². The van der Waals surface area contributed by atoms with Crippen LogP contribution in [0.25, 0.3) is 0 Å². The third kappa shape index (κ3) is 2.13. The molecule has 0 bridgehead atoms. The molecule has 86 valence electrons. The Morgan fingerprint density at radius 2 is 2.38 bits per heavy atom. The highest BCUT2D eigenvalue weighted by molar-refractivity contribution is 6.30. The average molecular weight is 241 g/mol. The topological polar surface area (TPSA) is 55.6 Å². The number of hydroxylamine groups is 2. The number of fused-ring (bicyclic) bond motifs is 1. The maximum atomic E-state index is 10.7. The predicted octanol–water partition coefficient (Wildman–Crippen LogP) is 2.27. The Labute approximate surface area is 98.9 Å². The lowest BCUT2D eigenvalue weighted by Crippen LogP contribution is -2.37. The van der Waals surface area contributed by atoms with Crippen LogP contribution >= 0.6 is 11.6 Å². The van der Waals surface area contributed by atoms with Crippen LogP contribution in [0.1, 0.15) is 24.1 Å². The van der Waals surface area contributed by atoms with E-state index in [0.717, 1.165) is 12.0 Å². The third-order valence-electron chi connectivity index (χ3n) is 2.80. The van der Waals surface area contributed by atoms with E-state index in [1.54, 1.807) is 5.06 Å². The molecule has 0 spiro atoms. The SMILES string of the molecule is CC1c2cc(Cl)ccc2CCN1OC(N)=O. The van der Waals surface area contributed by atoms with E-state index >= 15 is 0 Å². The summed E-state index contributed by atoms with van der Waals surface area (Å²) < 4.78 is 0. The normalized spacial score (nSPS) is 20.2. The molecule has 0 fully saturated rings. The molecule has 0 radical (unpaired) electrons. The molecular weight excluding hydrogens is 228 g/mol. The van der Waals surface area contributed by atoms with Crippen LogP contribution in [0.3, 0.4) is 0 Å². The van der Waals surface area contributed by atoms with Gasteiger partial charge in [-0.25, -0.2) is 4.79 Å². The summed E-state index contributed by atoms with van der Waals surface area (Å²) >= 11 is 5.94. The van der Waals surface area contributed by atoms with Gasteiger partial charge in [-0.3, -0.25) is 0 Å². The first-order chi connectivity index (χ1) is 7.58. The Hall–Kier alpha value is -1.26. The van der Waals surface area contributed by atoms with Crippen LogP contribution in [0.2, 0.25) is 5.02 Å². The van der Waals surface area contributed by atoms with Gasteiger partial charge in [-0.05, 0) is 36.6 Å². The summed E-state index contributed by atoms with van der Waals surface area (Å²) in [7, 11) is 0. The first kappa shape index (κ1) is 11.2. The van der Waals surface area contributed by atoms with Crippen LogP contribution < -0.4 is 5.73 Å². The molecule has 1 aromatic carbocycles. The summed E-state index contributed by atoms with van der Waals surface area (Å²) in [5.74, 6) is 0. The Morgan fingerprint density at radius 3 is 3.06 bits per heavy atom. The molecule has 5 heteroatoms. The van der Waals surface area contributed by atoms with Crippen molar-refractivity contribution in [2.24, 2.45) is 5.73 Å². The van der Waals surface area contributed by atoms with Gasteiger partial charge in [-0.2, -0.15) is 0 Å². The van der Waals surface area contributed by atoms with Crippen molar-refractivity contribution in [2.45, 2.75) is 19.4 Å². The number of nitrogens with two attached hydrogens (primary N) is 1. The van der Waals surface area contributed by atoms with E-state index in [9.17, 15) is 4.79 Å². The zero-order chi connectivity index (χ0) is 11.7. The molecule has 16 heavy (non-hydrogen) atoms. The lowest BCUT2D eigenvalue weighted by Gasteiger charge is -2.32. The monoisotopic (exact) mass is 240 g/mol. The predicted molar refractivity (Wildman–Crippen MR) is 60.9 cm³/mol. The molecule has 0 saturated heterocycles. The zero-order valence-corrected chi connectivity index (χ0v) is 9.70. The maximum absolute atomic E-state index is 10.7. The van der Waals surface area contributed by atoms with E-state index in [2.05, 4.69) is 0 Å². The van der Waals surface area contributed by atoms with E-state index < -0.39 is 6.09 Å². The molecule has 1 heterocycles. The molecule has 1 aliphatic rings. The summed E-state index contributed by atoms with van der Waals surface area (Å²) in [6.07, 6.45) is 0.0433. The number of halogens is 1. The second kappa shape index (κ2) is 4.31. The highest BCUT2D eigenvalue weighted by Gasteiger charge is 2.26. The van der Waals surface area contributed by atoms with Crippen molar-refractivity contribution in [3.05, 3.63) is 34.3 Å². The van der Waals surface area contributed by atoms with Crippen LogP contribution in [0.4, 0.5) is 4.79 Å². The fourth-order valence-corrected chi connectivity index (χ4v) is 2.18. The molecule has 0 aromatic heterocycles. The van der Waals surface area contributed by atoms with E-state index in [4.69, 9.17) is 22.2 Å². The van der Waals surface area contributed by atoms with Crippen molar-refractivity contribution in [1.82, 2.24) is 5.06 Å². The van der Waals surface area contributed by atoms with Crippen molar-refractivity contribution in [3.8, 4) is 0 Å². The van der Waals surface area contributed by atoms with Gasteiger partial charge in [-0.1, -0.05) is 17.7 Å². The largest absolute Gasteiger partial charge is 0.423 e. The number of hydrogen-bond acceptors (Lipinski definition) is 3. The summed E-state index contributed by atoms with van der Waals surface area (Å²) in [4.78, 5) is 15.7. The fourth-order valence-electron chi connectivity index (χ4n) is 2.00. The molecule has 1 amide bonds. The number of primary amides is 1. The first-order valence-electron chi connectivity index (χ1n) is 5.10. The minimum absolute atomic E-state index is 0.0186. The van der Waals surface area contributed by atoms with Crippen LogP contribution in [0.15, 0.2) is 18.2 Å². The van der Waals surface area contributed by atoms with E-state index in [-0.39, 0.29) is 6.04 Å². The number of amides is 1. The standard InChI is InChI=1S/C11H13ClN2O2/c1-7-10-6-9(12)3-2-8(10)4-5-14(7)16-11(13)15/h2-3,6-7H,4-5H2,1H3,(H2,13,15). The van der Waals surface area contributed by atoms with Gasteiger partial charge in [0, 0.05) is 11.6 Å². The number of benzene rings is 1. The van der Waals surface area contributed by atoms with E-state index in [0.29, 0.717) is 11.6 Å². The van der Waals surface area contributed by atoms with Crippen LogP contribution in [-0.4, -0.2) is 17.7 Å². The number of carbonyl (C=O) groups is 1. The fraction of sp³-hybridized carbons (Fsp3) is 0.364. The molecule has 0 aliphatic carbocycles. The van der Waals surface area contributed by atoms with Crippen molar-refractivity contribution in [1.29, 1.82) is 0 Å². The smallest absolute Gasteiger partial charge is 0.351 e. The highest BCUT2D eigenvalue weighted by Crippen LogP contribution is 2.31. The van der Waals surface area contributed by atoms with Gasteiger partial charge in [0.2, 0.25) is 0 Å². The van der Waals surface area contributed by atoms with Crippen LogP contribution in [0, 0.1) is 0 Å². The van der Waals surface area contributed by atoms with E-state index in [1.165, 1.54) is 5.56 Å². The molecular formula is C11H13ClN2O2. The minimum atomic E-state index is -0.780. The van der Waals surface area contributed by atoms with Crippen molar-refractivity contribution in [2.75, 3.05) is 6.54 Å². The van der Waals surface area contributed by atoms with Crippen molar-refractivity contribution < 1.29 is 9.63 Å². The van der Waals surface area contributed by atoms with Gasteiger partial charge >= 0.3 is 6.09 Å². The van der Waals surface area contributed by atoms with Crippen molar-refractivity contribution >= 4 is 17.7 Å². The molecule has 2 N–H and O–H groups in total. The minimum Gasteiger partial charge on any atom is -0.351 e. The molecule has 1 aliphatic heterocycles. The van der Waals surface area contributed by atoms with Gasteiger partial charge < -0.3 is 10.6 Å². The Bertz CT molecular complexity index is 422. The molecule has 1 aromatic rings. The zero-order valence-electron chi connectivity index (χ0n) is 8.94. The first-order valence-corrected chi connectivity index (χ1v) is 5.48. The molecule has 1 atom stereocenters. The highest BCUT2D eigenvalue weighted by atomic mass is 35.5. The summed E-state index contributed by atoms with van der Waals surface area (Å²) in [6.45, 7) is 2.61. The van der Waals surface area contributed by atoms with Gasteiger partial charge in [0.15, 0.2) is 0 Å². The Kier molecular flexibility index (Phi) is 3.03. The van der Waals surface area contributed by atoms with Gasteiger partial charge in [-0.15, -0.1) is 5.06 Å². The Balaban J connectivity index is 2.26. The van der Waals surface area contributed by atoms with Gasteiger partial charge in [0.05, 0.1) is 6.04 Å². The van der Waals surface area contributed by atoms with Gasteiger partial charge in [0.25, 0.3) is 0 Å². The second-order valence-corrected chi connectivity index (χ2v) is 4.26. The lowest BCUT2D eigenvalue weighted by molar-refractivity contribution is -0.129. The number of hydrogen-bond donors (Lipinski definition) is 1. The lowest BCUT2D eigenvalue weighted by atomic mass is 9.95. The summed E-state index contributed by atoms with van der Waals surface area (Å²) in [5.41, 5.74) is 7.33.